The molecule has 0 aromatic heterocycles. The summed E-state index contributed by atoms with van der Waals surface area (Å²) in [4.78, 5) is -0.201. The third kappa shape index (κ3) is 4.45. The number of halogens is 1. The number of sulfone groups is 2. The predicted molar refractivity (Wildman–Crippen MR) is 113 cm³/mol. The molecule has 164 valence electrons. The highest BCUT2D eigenvalue weighted by Crippen LogP contribution is 2.40. The molecular formula is C22H27FO5S2. The second kappa shape index (κ2) is 8.40. The zero-order chi connectivity index (χ0) is 22.3. The summed E-state index contributed by atoms with van der Waals surface area (Å²) >= 11 is 0. The molecule has 0 radical (unpaired) electrons. The van der Waals surface area contributed by atoms with Gasteiger partial charge in [-0.3, -0.25) is 0 Å². The molecular weight excluding hydrogens is 427 g/mol. The minimum Gasteiger partial charge on any atom is -0.372 e. The highest BCUT2D eigenvalue weighted by atomic mass is 32.2. The van der Waals surface area contributed by atoms with Crippen LogP contribution in [0, 0.1) is 11.7 Å². The lowest BCUT2D eigenvalue weighted by Crippen LogP contribution is -2.40. The average Bonchev–Trinajstić information content (AvgIpc) is 2.66. The highest BCUT2D eigenvalue weighted by Gasteiger charge is 2.43. The molecule has 1 saturated heterocycles. The fraction of sp³-hybridized carbons (Fsp3) is 0.455. The van der Waals surface area contributed by atoms with Crippen molar-refractivity contribution < 1.29 is 26.0 Å². The van der Waals surface area contributed by atoms with Crippen LogP contribution in [0.1, 0.15) is 50.3 Å². The molecule has 3 atom stereocenters. The molecule has 3 rings (SSSR count). The van der Waals surface area contributed by atoms with Gasteiger partial charge in [-0.2, -0.15) is 0 Å². The summed E-state index contributed by atoms with van der Waals surface area (Å²) < 4.78 is 71.0. The van der Waals surface area contributed by atoms with Gasteiger partial charge in [-0.1, -0.05) is 39.0 Å². The van der Waals surface area contributed by atoms with Crippen molar-refractivity contribution in [2.75, 3.05) is 12.9 Å². The van der Waals surface area contributed by atoms with E-state index >= 15 is 0 Å². The summed E-state index contributed by atoms with van der Waals surface area (Å²) in [7, 11) is -7.51. The van der Waals surface area contributed by atoms with Gasteiger partial charge in [0.15, 0.2) is 19.7 Å². The van der Waals surface area contributed by atoms with E-state index in [4.69, 9.17) is 4.74 Å². The zero-order valence-electron chi connectivity index (χ0n) is 17.5. The smallest absolute Gasteiger partial charge is 0.184 e. The summed E-state index contributed by atoms with van der Waals surface area (Å²) in [5.74, 6) is -0.947. The monoisotopic (exact) mass is 454 g/mol. The topological polar surface area (TPSA) is 77.5 Å². The van der Waals surface area contributed by atoms with Crippen LogP contribution in [0.3, 0.4) is 0 Å². The van der Waals surface area contributed by atoms with Crippen LogP contribution in [-0.2, 0) is 24.4 Å². The molecule has 0 spiro atoms. The van der Waals surface area contributed by atoms with Crippen molar-refractivity contribution in [3.05, 3.63) is 59.4 Å². The first-order chi connectivity index (χ1) is 13.9. The minimum absolute atomic E-state index is 0.175. The standard InChI is InChI=1S/C22H27FO5S2/c1-14(2)16-6-5-7-18(12-16)30(26,27)22-15(3)10-11-28-21(22)17-8-9-20(19(23)13-17)29(4,24)25/h5-9,12-15,21-22H,10-11H2,1-4H3. The maximum atomic E-state index is 14.5. The van der Waals surface area contributed by atoms with Crippen molar-refractivity contribution >= 4 is 19.7 Å². The Morgan fingerprint density at radius 3 is 2.37 bits per heavy atom. The first kappa shape index (κ1) is 22.9. The molecule has 2 aromatic rings. The molecule has 0 N–H and O–H groups in total. The van der Waals surface area contributed by atoms with Gasteiger partial charge in [0, 0.05) is 12.9 Å². The molecule has 3 unspecified atom stereocenters. The van der Waals surface area contributed by atoms with E-state index in [1.54, 1.807) is 18.2 Å². The van der Waals surface area contributed by atoms with E-state index in [2.05, 4.69) is 0 Å². The van der Waals surface area contributed by atoms with E-state index < -0.39 is 41.7 Å². The van der Waals surface area contributed by atoms with E-state index in [-0.39, 0.29) is 16.7 Å². The van der Waals surface area contributed by atoms with Crippen molar-refractivity contribution in [3.63, 3.8) is 0 Å². The molecule has 1 heterocycles. The molecule has 5 nitrogen and oxygen atoms in total. The third-order valence-corrected chi connectivity index (χ3v) is 9.09. The Bertz CT molecular complexity index is 1140. The molecule has 0 bridgehead atoms. The maximum absolute atomic E-state index is 14.5. The lowest BCUT2D eigenvalue weighted by molar-refractivity contribution is -0.00293. The van der Waals surface area contributed by atoms with Crippen LogP contribution in [-0.4, -0.2) is 34.9 Å². The van der Waals surface area contributed by atoms with Gasteiger partial charge < -0.3 is 4.74 Å². The van der Waals surface area contributed by atoms with Crippen LogP contribution in [0.5, 0.6) is 0 Å². The Morgan fingerprint density at radius 2 is 1.77 bits per heavy atom. The van der Waals surface area contributed by atoms with Crippen molar-refractivity contribution in [1.29, 1.82) is 0 Å². The average molecular weight is 455 g/mol. The van der Waals surface area contributed by atoms with E-state index in [0.717, 1.165) is 17.9 Å². The second-order valence-electron chi connectivity index (χ2n) is 8.26. The fourth-order valence-corrected chi connectivity index (χ4v) is 6.82. The van der Waals surface area contributed by atoms with Gasteiger partial charge in [0.05, 0.1) is 16.2 Å². The summed E-state index contributed by atoms with van der Waals surface area (Å²) in [6.45, 7) is 6.19. The molecule has 0 saturated carbocycles. The molecule has 1 aliphatic rings. The van der Waals surface area contributed by atoms with Crippen molar-refractivity contribution in [2.45, 2.75) is 54.3 Å². The van der Waals surface area contributed by atoms with Gasteiger partial charge in [-0.25, -0.2) is 21.2 Å². The summed E-state index contributed by atoms with van der Waals surface area (Å²) in [6.07, 6.45) is 0.609. The predicted octanol–water partition coefficient (Wildman–Crippen LogP) is 4.29. The number of hydrogen-bond acceptors (Lipinski definition) is 5. The minimum atomic E-state index is -3.78. The second-order valence-corrected chi connectivity index (χ2v) is 12.3. The largest absolute Gasteiger partial charge is 0.372 e. The summed E-state index contributed by atoms with van der Waals surface area (Å²) in [5.41, 5.74) is 1.24. The summed E-state index contributed by atoms with van der Waals surface area (Å²) in [5, 5.41) is -0.905. The summed E-state index contributed by atoms with van der Waals surface area (Å²) in [6, 6.07) is 10.6. The van der Waals surface area contributed by atoms with Crippen LogP contribution < -0.4 is 0 Å². The van der Waals surface area contributed by atoms with Gasteiger partial charge >= 0.3 is 0 Å². The highest BCUT2D eigenvalue weighted by molar-refractivity contribution is 7.92. The van der Waals surface area contributed by atoms with E-state index in [0.29, 0.717) is 18.6 Å². The van der Waals surface area contributed by atoms with Crippen molar-refractivity contribution in [1.82, 2.24) is 0 Å². The van der Waals surface area contributed by atoms with E-state index in [1.165, 1.54) is 12.1 Å². The molecule has 2 aromatic carbocycles. The zero-order valence-corrected chi connectivity index (χ0v) is 19.1. The Kier molecular flexibility index (Phi) is 6.41. The SMILES string of the molecule is CC(C)c1cccc(S(=O)(=O)C2C(C)CCOC2c2ccc(S(C)(=O)=O)c(F)c2)c1. The molecule has 0 aliphatic carbocycles. The quantitative estimate of drug-likeness (QED) is 0.673. The Balaban J connectivity index is 2.07. The fourth-order valence-electron chi connectivity index (χ4n) is 3.90. The first-order valence-electron chi connectivity index (χ1n) is 9.88. The first-order valence-corrected chi connectivity index (χ1v) is 13.3. The van der Waals surface area contributed by atoms with Gasteiger partial charge in [-0.05, 0) is 53.6 Å². The normalized spacial score (nSPS) is 22.9. The van der Waals surface area contributed by atoms with Crippen LogP contribution in [0.15, 0.2) is 52.3 Å². The Hall–Kier alpha value is -1.77. The molecule has 8 heteroatoms. The molecule has 1 aliphatic heterocycles. The van der Waals surface area contributed by atoms with Gasteiger partial charge in [-0.15, -0.1) is 0 Å². The number of ether oxygens (including phenoxy) is 1. The van der Waals surface area contributed by atoms with Crippen LogP contribution in [0.2, 0.25) is 0 Å². The molecule has 0 amide bonds. The third-order valence-electron chi connectivity index (χ3n) is 5.63. The van der Waals surface area contributed by atoms with E-state index in [9.17, 15) is 21.2 Å². The van der Waals surface area contributed by atoms with E-state index in [1.807, 2.05) is 26.8 Å². The van der Waals surface area contributed by atoms with Gasteiger partial charge in [0.2, 0.25) is 0 Å². The van der Waals surface area contributed by atoms with Gasteiger partial charge in [0.1, 0.15) is 10.7 Å². The molecule has 30 heavy (non-hydrogen) atoms. The number of hydrogen-bond donors (Lipinski definition) is 0. The Morgan fingerprint density at radius 1 is 1.07 bits per heavy atom. The van der Waals surface area contributed by atoms with Crippen LogP contribution in [0.25, 0.3) is 0 Å². The Labute approximate surface area is 178 Å². The molecule has 1 fully saturated rings. The van der Waals surface area contributed by atoms with Crippen LogP contribution >= 0.6 is 0 Å². The number of rotatable bonds is 5. The number of benzene rings is 2. The van der Waals surface area contributed by atoms with Crippen molar-refractivity contribution in [2.24, 2.45) is 5.92 Å². The lowest BCUT2D eigenvalue weighted by atomic mass is 9.92. The van der Waals surface area contributed by atoms with Crippen LogP contribution in [0.4, 0.5) is 4.39 Å². The lowest BCUT2D eigenvalue weighted by Gasteiger charge is -2.36. The van der Waals surface area contributed by atoms with Gasteiger partial charge in [0.25, 0.3) is 0 Å². The maximum Gasteiger partial charge on any atom is 0.184 e. The van der Waals surface area contributed by atoms with Crippen molar-refractivity contribution in [3.8, 4) is 0 Å².